The number of aliphatic carboxylic acids is 1. The van der Waals surface area contributed by atoms with Crippen LogP contribution >= 0.6 is 11.3 Å². The van der Waals surface area contributed by atoms with Gasteiger partial charge in [-0.25, -0.2) is 0 Å². The molecule has 1 unspecified atom stereocenters. The molecule has 0 aromatic carbocycles. The van der Waals surface area contributed by atoms with Gasteiger partial charge in [-0.1, -0.05) is 6.92 Å². The van der Waals surface area contributed by atoms with E-state index >= 15 is 0 Å². The van der Waals surface area contributed by atoms with Crippen molar-refractivity contribution in [1.29, 1.82) is 0 Å². The number of amides is 1. The van der Waals surface area contributed by atoms with Gasteiger partial charge < -0.3 is 10.0 Å². The third-order valence-corrected chi connectivity index (χ3v) is 4.76. The van der Waals surface area contributed by atoms with Gasteiger partial charge in [-0.15, -0.1) is 11.3 Å². The first-order chi connectivity index (χ1) is 9.01. The van der Waals surface area contributed by atoms with E-state index < -0.39 is 5.97 Å². The lowest BCUT2D eigenvalue weighted by atomic mass is 9.90. The maximum atomic E-state index is 12.3. The summed E-state index contributed by atoms with van der Waals surface area (Å²) in [5.41, 5.74) is 1.28. The second kappa shape index (κ2) is 5.74. The molecule has 0 saturated heterocycles. The molecule has 0 aliphatic heterocycles. The van der Waals surface area contributed by atoms with Gasteiger partial charge in [0, 0.05) is 11.4 Å². The van der Waals surface area contributed by atoms with Crippen LogP contribution in [0.3, 0.4) is 0 Å². The van der Waals surface area contributed by atoms with Crippen LogP contribution in [-0.2, 0) is 17.6 Å². The summed E-state index contributed by atoms with van der Waals surface area (Å²) in [6, 6.07) is 1.96. The number of carbonyl (C=O) groups excluding carboxylic acids is 1. The van der Waals surface area contributed by atoms with Gasteiger partial charge in [0.15, 0.2) is 0 Å². The zero-order chi connectivity index (χ0) is 14.0. The van der Waals surface area contributed by atoms with Crippen LogP contribution in [-0.4, -0.2) is 35.0 Å². The molecular formula is C14H19NO3S. The smallest absolute Gasteiger partial charge is 0.323 e. The third kappa shape index (κ3) is 3.15. The van der Waals surface area contributed by atoms with E-state index in [0.717, 1.165) is 12.8 Å². The van der Waals surface area contributed by atoms with Crippen LogP contribution in [0.4, 0.5) is 0 Å². The van der Waals surface area contributed by atoms with E-state index in [4.69, 9.17) is 5.11 Å². The molecule has 2 rings (SSSR count). The number of hydrogen-bond donors (Lipinski definition) is 1. The van der Waals surface area contributed by atoms with E-state index in [0.29, 0.717) is 17.3 Å². The lowest BCUT2D eigenvalue weighted by Gasteiger charge is -2.17. The van der Waals surface area contributed by atoms with E-state index in [-0.39, 0.29) is 12.5 Å². The monoisotopic (exact) mass is 281 g/mol. The van der Waals surface area contributed by atoms with Gasteiger partial charge >= 0.3 is 5.97 Å². The van der Waals surface area contributed by atoms with Gasteiger partial charge in [0.05, 0.1) is 4.88 Å². The Morgan fingerprint density at radius 1 is 1.53 bits per heavy atom. The maximum Gasteiger partial charge on any atom is 0.323 e. The minimum absolute atomic E-state index is 0.156. The maximum absolute atomic E-state index is 12.3. The van der Waals surface area contributed by atoms with E-state index in [1.54, 1.807) is 6.92 Å². The molecule has 4 nitrogen and oxygen atoms in total. The Labute approximate surface area is 117 Å². The second-order valence-corrected chi connectivity index (χ2v) is 6.26. The number of thiophene rings is 1. The van der Waals surface area contributed by atoms with Crippen LogP contribution in [0.15, 0.2) is 6.07 Å². The highest BCUT2D eigenvalue weighted by atomic mass is 32.1. The van der Waals surface area contributed by atoms with Crippen molar-refractivity contribution >= 4 is 23.2 Å². The quantitative estimate of drug-likeness (QED) is 0.922. The van der Waals surface area contributed by atoms with E-state index in [2.05, 4.69) is 6.92 Å². The number of nitrogens with zero attached hydrogens (tertiary/aromatic N) is 1. The van der Waals surface area contributed by atoms with Gasteiger partial charge in [-0.2, -0.15) is 0 Å². The van der Waals surface area contributed by atoms with Gasteiger partial charge in [0.1, 0.15) is 6.54 Å². The molecule has 0 fully saturated rings. The largest absolute Gasteiger partial charge is 0.480 e. The zero-order valence-corrected chi connectivity index (χ0v) is 12.1. The summed E-state index contributed by atoms with van der Waals surface area (Å²) >= 11 is 1.53. The first-order valence-electron chi connectivity index (χ1n) is 6.64. The Bertz CT molecular complexity index is 495. The average molecular weight is 281 g/mol. The van der Waals surface area contributed by atoms with Crippen LogP contribution in [0.1, 0.15) is 40.4 Å². The number of likely N-dealkylation sites (N-methyl/N-ethyl adjacent to an activating group) is 1. The molecule has 1 atom stereocenters. The first-order valence-corrected chi connectivity index (χ1v) is 7.45. The van der Waals surface area contributed by atoms with Crippen molar-refractivity contribution in [3.8, 4) is 0 Å². The highest BCUT2D eigenvalue weighted by Crippen LogP contribution is 2.32. The summed E-state index contributed by atoms with van der Waals surface area (Å²) in [6.07, 6.45) is 3.25. The molecule has 19 heavy (non-hydrogen) atoms. The summed E-state index contributed by atoms with van der Waals surface area (Å²) in [4.78, 5) is 26.4. The van der Waals surface area contributed by atoms with Crippen molar-refractivity contribution in [2.24, 2.45) is 5.92 Å². The molecule has 0 spiro atoms. The molecule has 0 bridgehead atoms. The van der Waals surface area contributed by atoms with Crippen LogP contribution in [0.2, 0.25) is 0 Å². The van der Waals surface area contributed by atoms with Crippen LogP contribution in [0.5, 0.6) is 0 Å². The molecule has 5 heteroatoms. The Balaban J connectivity index is 2.17. The lowest BCUT2D eigenvalue weighted by Crippen LogP contribution is -2.34. The van der Waals surface area contributed by atoms with Gasteiger partial charge in [0.2, 0.25) is 0 Å². The molecule has 1 amide bonds. The van der Waals surface area contributed by atoms with Crippen molar-refractivity contribution in [2.45, 2.75) is 33.1 Å². The number of carboxylic acid groups (broad SMARTS) is 1. The van der Waals surface area contributed by atoms with Crippen LogP contribution in [0.25, 0.3) is 0 Å². The molecular weight excluding hydrogens is 262 g/mol. The summed E-state index contributed by atoms with van der Waals surface area (Å²) in [6.45, 7) is 4.22. The molecule has 1 aromatic rings. The van der Waals surface area contributed by atoms with Crippen molar-refractivity contribution in [1.82, 2.24) is 4.90 Å². The molecule has 0 saturated carbocycles. The number of carboxylic acids is 1. The van der Waals surface area contributed by atoms with Gasteiger partial charge in [-0.05, 0) is 43.7 Å². The van der Waals surface area contributed by atoms with Gasteiger partial charge in [-0.3, -0.25) is 9.59 Å². The zero-order valence-electron chi connectivity index (χ0n) is 11.3. The highest BCUT2D eigenvalue weighted by molar-refractivity contribution is 7.14. The predicted molar refractivity (Wildman–Crippen MR) is 74.7 cm³/mol. The second-order valence-electron chi connectivity index (χ2n) is 5.12. The normalized spacial score (nSPS) is 17.9. The Morgan fingerprint density at radius 3 is 2.89 bits per heavy atom. The van der Waals surface area contributed by atoms with Crippen LogP contribution < -0.4 is 0 Å². The van der Waals surface area contributed by atoms with Gasteiger partial charge in [0.25, 0.3) is 5.91 Å². The molecule has 1 aliphatic rings. The number of hydrogen-bond acceptors (Lipinski definition) is 3. The number of rotatable bonds is 4. The van der Waals surface area contributed by atoms with E-state index in [9.17, 15) is 9.59 Å². The molecule has 1 aromatic heterocycles. The Morgan fingerprint density at radius 2 is 2.26 bits per heavy atom. The van der Waals surface area contributed by atoms with E-state index in [1.807, 2.05) is 6.07 Å². The molecule has 1 aliphatic carbocycles. The van der Waals surface area contributed by atoms with Crippen molar-refractivity contribution in [3.63, 3.8) is 0 Å². The SMILES string of the molecule is CCN(CC(=O)O)C(=O)c1cc2c(s1)CCC(C)C2. The van der Waals surface area contributed by atoms with Crippen molar-refractivity contribution < 1.29 is 14.7 Å². The minimum atomic E-state index is -0.967. The summed E-state index contributed by atoms with van der Waals surface area (Å²) in [5, 5.41) is 8.82. The summed E-state index contributed by atoms with van der Waals surface area (Å²) in [5.74, 6) is -0.451. The number of fused-ring (bicyclic) bond motifs is 1. The lowest BCUT2D eigenvalue weighted by molar-refractivity contribution is -0.137. The summed E-state index contributed by atoms with van der Waals surface area (Å²) < 4.78 is 0. The highest BCUT2D eigenvalue weighted by Gasteiger charge is 2.23. The third-order valence-electron chi connectivity index (χ3n) is 3.54. The molecule has 1 N–H and O–H groups in total. The molecule has 104 valence electrons. The Hall–Kier alpha value is -1.36. The van der Waals surface area contributed by atoms with Crippen LogP contribution in [0, 0.1) is 5.92 Å². The average Bonchev–Trinajstić information content (AvgIpc) is 2.77. The fourth-order valence-electron chi connectivity index (χ4n) is 2.46. The standard InChI is InChI=1S/C14H19NO3S/c1-3-15(8-13(16)17)14(18)12-7-10-6-9(2)4-5-11(10)19-12/h7,9H,3-6,8H2,1-2H3,(H,16,17). The molecule has 1 heterocycles. The fraction of sp³-hybridized carbons (Fsp3) is 0.571. The number of carbonyl (C=O) groups is 2. The fourth-order valence-corrected chi connectivity index (χ4v) is 3.63. The van der Waals surface area contributed by atoms with E-state index in [1.165, 1.54) is 33.1 Å². The van der Waals surface area contributed by atoms with Crippen molar-refractivity contribution in [3.05, 3.63) is 21.4 Å². The predicted octanol–water partition coefficient (Wildman–Crippen LogP) is 2.42. The van der Waals surface area contributed by atoms with Crippen molar-refractivity contribution in [2.75, 3.05) is 13.1 Å². The first kappa shape index (κ1) is 14.1. The Kier molecular flexibility index (Phi) is 4.24. The molecule has 0 radical (unpaired) electrons. The summed E-state index contributed by atoms with van der Waals surface area (Å²) in [7, 11) is 0. The number of aryl methyl sites for hydroxylation is 1. The minimum Gasteiger partial charge on any atom is -0.480 e. The topological polar surface area (TPSA) is 57.6 Å².